The lowest BCUT2D eigenvalue weighted by molar-refractivity contribution is 0.0513. The molecule has 6 heteroatoms. The number of aromatic nitrogens is 2. The van der Waals surface area contributed by atoms with Gasteiger partial charge in [0.05, 0.1) is 6.61 Å². The molecule has 0 fully saturated rings. The summed E-state index contributed by atoms with van der Waals surface area (Å²) in [6, 6.07) is 1.48. The molecule has 0 aliphatic carbocycles. The van der Waals surface area contributed by atoms with E-state index in [-0.39, 0.29) is 12.4 Å². The van der Waals surface area contributed by atoms with Crippen LogP contribution in [0.25, 0.3) is 0 Å². The number of ether oxygens (including phenoxy) is 1. The number of nitrogen functional groups attached to an aromatic ring is 1. The third-order valence-corrected chi connectivity index (χ3v) is 1.38. The van der Waals surface area contributed by atoms with Crippen molar-refractivity contribution in [3.63, 3.8) is 0 Å². The predicted octanol–water partition coefficient (Wildman–Crippen LogP) is 0.601. The molecule has 0 bridgehead atoms. The predicted molar refractivity (Wildman–Crippen MR) is 50.8 cm³/mol. The van der Waals surface area contributed by atoms with Crippen molar-refractivity contribution >= 4 is 24.2 Å². The molecule has 1 rings (SSSR count). The van der Waals surface area contributed by atoms with Crippen molar-refractivity contribution in [3.8, 4) is 0 Å². The maximum absolute atomic E-state index is 11.1. The van der Waals surface area contributed by atoms with Crippen LogP contribution in [-0.4, -0.2) is 22.4 Å². The number of anilines is 1. The summed E-state index contributed by atoms with van der Waals surface area (Å²) in [6.07, 6.45) is 0. The van der Waals surface area contributed by atoms with E-state index in [1.54, 1.807) is 14.0 Å². The lowest BCUT2D eigenvalue weighted by Gasteiger charge is -1.99. The van der Waals surface area contributed by atoms with E-state index in [4.69, 9.17) is 10.5 Å². The van der Waals surface area contributed by atoms with Crippen LogP contribution in [0.15, 0.2) is 6.07 Å². The van der Waals surface area contributed by atoms with Crippen molar-refractivity contribution in [1.82, 2.24) is 9.78 Å². The van der Waals surface area contributed by atoms with E-state index >= 15 is 0 Å². The summed E-state index contributed by atoms with van der Waals surface area (Å²) in [4.78, 5) is 11.1. The van der Waals surface area contributed by atoms with Crippen molar-refractivity contribution < 1.29 is 9.53 Å². The monoisotopic (exact) mass is 205 g/mol. The second kappa shape index (κ2) is 4.71. The standard InChI is InChI=1S/C7H11N3O2.ClH/c1-3-12-7(11)5-4-6(8)9-10(5)2;/h4H,3H2,1-2H3,(H2,8,9);1H. The van der Waals surface area contributed by atoms with Crippen LogP contribution in [0.4, 0.5) is 5.82 Å². The van der Waals surface area contributed by atoms with E-state index in [0.29, 0.717) is 18.1 Å². The first-order chi connectivity index (χ1) is 5.65. The number of rotatable bonds is 2. The Bertz CT molecular complexity index is 298. The van der Waals surface area contributed by atoms with Gasteiger partial charge in [0.1, 0.15) is 11.5 Å². The first kappa shape index (κ1) is 11.8. The molecule has 0 aliphatic rings. The maximum Gasteiger partial charge on any atom is 0.356 e. The molecule has 0 unspecified atom stereocenters. The molecule has 0 radical (unpaired) electrons. The van der Waals surface area contributed by atoms with E-state index in [9.17, 15) is 4.79 Å². The van der Waals surface area contributed by atoms with Crippen LogP contribution in [0.3, 0.4) is 0 Å². The van der Waals surface area contributed by atoms with E-state index in [0.717, 1.165) is 0 Å². The minimum absolute atomic E-state index is 0. The highest BCUT2D eigenvalue weighted by Gasteiger charge is 2.12. The van der Waals surface area contributed by atoms with E-state index < -0.39 is 5.97 Å². The molecule has 74 valence electrons. The van der Waals surface area contributed by atoms with Gasteiger partial charge in [-0.3, -0.25) is 4.68 Å². The fraction of sp³-hybridized carbons (Fsp3) is 0.429. The Morgan fingerprint density at radius 2 is 2.38 bits per heavy atom. The normalized spacial score (nSPS) is 9.08. The average Bonchev–Trinajstić information content (AvgIpc) is 2.30. The van der Waals surface area contributed by atoms with Crippen LogP contribution in [-0.2, 0) is 11.8 Å². The number of hydrogen-bond donors (Lipinski definition) is 1. The molecule has 0 saturated heterocycles. The maximum atomic E-state index is 11.1. The minimum atomic E-state index is -0.399. The molecule has 5 nitrogen and oxygen atoms in total. The van der Waals surface area contributed by atoms with Crippen LogP contribution < -0.4 is 5.73 Å². The highest BCUT2D eigenvalue weighted by atomic mass is 35.5. The van der Waals surface area contributed by atoms with Crippen LogP contribution in [0, 0.1) is 0 Å². The van der Waals surface area contributed by atoms with E-state index in [1.165, 1.54) is 10.7 Å². The van der Waals surface area contributed by atoms with Gasteiger partial charge in [0.2, 0.25) is 0 Å². The van der Waals surface area contributed by atoms with Gasteiger partial charge in [-0.2, -0.15) is 5.10 Å². The quantitative estimate of drug-likeness (QED) is 0.718. The Morgan fingerprint density at radius 1 is 1.77 bits per heavy atom. The Balaban J connectivity index is 0.00000144. The van der Waals surface area contributed by atoms with Crippen LogP contribution in [0.5, 0.6) is 0 Å². The summed E-state index contributed by atoms with van der Waals surface area (Å²) in [6.45, 7) is 2.10. The van der Waals surface area contributed by atoms with E-state index in [1.807, 2.05) is 0 Å². The van der Waals surface area contributed by atoms with Crippen LogP contribution in [0.2, 0.25) is 0 Å². The number of halogens is 1. The van der Waals surface area contributed by atoms with Crippen LogP contribution in [0.1, 0.15) is 17.4 Å². The van der Waals surface area contributed by atoms with Crippen LogP contribution >= 0.6 is 12.4 Å². The molecule has 0 saturated carbocycles. The van der Waals surface area contributed by atoms with Gasteiger partial charge < -0.3 is 10.5 Å². The Morgan fingerprint density at radius 3 is 2.77 bits per heavy atom. The van der Waals surface area contributed by atoms with Crippen molar-refractivity contribution in [2.45, 2.75) is 6.92 Å². The zero-order valence-electron chi connectivity index (χ0n) is 7.48. The SMILES string of the molecule is CCOC(=O)c1cc(N)nn1C.Cl. The summed E-state index contributed by atoms with van der Waals surface area (Å²) in [5.74, 6) is -0.0789. The molecule has 0 atom stereocenters. The van der Waals surface area contributed by atoms with Gasteiger partial charge in [0, 0.05) is 13.1 Å². The zero-order chi connectivity index (χ0) is 9.14. The third-order valence-electron chi connectivity index (χ3n) is 1.38. The fourth-order valence-electron chi connectivity index (χ4n) is 0.886. The topological polar surface area (TPSA) is 70.1 Å². The van der Waals surface area contributed by atoms with Gasteiger partial charge in [-0.15, -0.1) is 12.4 Å². The summed E-state index contributed by atoms with van der Waals surface area (Å²) < 4.78 is 6.16. The summed E-state index contributed by atoms with van der Waals surface area (Å²) in [5.41, 5.74) is 5.74. The molecular weight excluding hydrogens is 194 g/mol. The number of carbonyl (C=O) groups excluding carboxylic acids is 1. The van der Waals surface area contributed by atoms with Gasteiger partial charge in [-0.25, -0.2) is 4.79 Å². The van der Waals surface area contributed by atoms with Gasteiger partial charge in [0.15, 0.2) is 0 Å². The van der Waals surface area contributed by atoms with E-state index in [2.05, 4.69) is 5.10 Å². The van der Waals surface area contributed by atoms with Gasteiger partial charge in [-0.1, -0.05) is 0 Å². The Kier molecular flexibility index (Phi) is 4.27. The second-order valence-corrected chi connectivity index (χ2v) is 2.30. The molecule has 2 N–H and O–H groups in total. The smallest absolute Gasteiger partial charge is 0.356 e. The summed E-state index contributed by atoms with van der Waals surface area (Å²) in [5, 5.41) is 3.81. The number of esters is 1. The Labute approximate surface area is 82.3 Å². The summed E-state index contributed by atoms with van der Waals surface area (Å²) in [7, 11) is 1.64. The number of hydrogen-bond acceptors (Lipinski definition) is 4. The molecular formula is C7H12ClN3O2. The molecule has 1 heterocycles. The fourth-order valence-corrected chi connectivity index (χ4v) is 0.886. The Hall–Kier alpha value is -1.23. The van der Waals surface area contributed by atoms with Crippen molar-refractivity contribution in [1.29, 1.82) is 0 Å². The minimum Gasteiger partial charge on any atom is -0.461 e. The largest absolute Gasteiger partial charge is 0.461 e. The molecule has 13 heavy (non-hydrogen) atoms. The lowest BCUT2D eigenvalue weighted by atomic mass is 10.4. The lowest BCUT2D eigenvalue weighted by Crippen LogP contribution is -2.10. The van der Waals surface area contributed by atoms with Gasteiger partial charge >= 0.3 is 5.97 Å². The highest BCUT2D eigenvalue weighted by Crippen LogP contribution is 2.05. The third kappa shape index (κ3) is 2.62. The van der Waals surface area contributed by atoms with Crippen molar-refractivity contribution in [2.75, 3.05) is 12.3 Å². The molecule has 0 aliphatic heterocycles. The first-order valence-electron chi connectivity index (χ1n) is 3.61. The molecule has 1 aromatic rings. The average molecular weight is 206 g/mol. The zero-order valence-corrected chi connectivity index (χ0v) is 8.30. The first-order valence-corrected chi connectivity index (χ1v) is 3.61. The second-order valence-electron chi connectivity index (χ2n) is 2.30. The number of carbonyl (C=O) groups is 1. The summed E-state index contributed by atoms with van der Waals surface area (Å²) >= 11 is 0. The molecule has 1 aromatic heterocycles. The van der Waals surface area contributed by atoms with Crippen molar-refractivity contribution in [3.05, 3.63) is 11.8 Å². The number of nitrogens with zero attached hydrogens (tertiary/aromatic N) is 2. The molecule has 0 spiro atoms. The van der Waals surface area contributed by atoms with Gasteiger partial charge in [0.25, 0.3) is 0 Å². The van der Waals surface area contributed by atoms with Gasteiger partial charge in [-0.05, 0) is 6.92 Å². The number of nitrogens with two attached hydrogens (primary N) is 1. The number of aryl methyl sites for hydroxylation is 1. The van der Waals surface area contributed by atoms with Crippen molar-refractivity contribution in [2.24, 2.45) is 7.05 Å². The molecule has 0 aromatic carbocycles. The highest BCUT2D eigenvalue weighted by molar-refractivity contribution is 5.88. The molecule has 0 amide bonds.